The SMILES string of the molecule is CC1CCCN(c2ccc(N)cc2C(N)=O)C1C. The molecular weight excluding hydrogens is 226 g/mol. The van der Waals surface area contributed by atoms with Gasteiger partial charge in [0.15, 0.2) is 0 Å². The number of carbonyl (C=O) groups is 1. The molecule has 4 heteroatoms. The molecule has 0 radical (unpaired) electrons. The van der Waals surface area contributed by atoms with Crippen molar-refractivity contribution >= 4 is 17.3 Å². The van der Waals surface area contributed by atoms with Crippen LogP contribution in [0.5, 0.6) is 0 Å². The highest BCUT2D eigenvalue weighted by molar-refractivity contribution is 5.99. The van der Waals surface area contributed by atoms with E-state index in [9.17, 15) is 4.79 Å². The fraction of sp³-hybridized carbons (Fsp3) is 0.500. The number of amides is 1. The Balaban J connectivity index is 2.40. The summed E-state index contributed by atoms with van der Waals surface area (Å²) in [5.41, 5.74) is 13.2. The van der Waals surface area contributed by atoms with Crippen molar-refractivity contribution in [1.29, 1.82) is 0 Å². The lowest BCUT2D eigenvalue weighted by atomic mass is 9.91. The van der Waals surface area contributed by atoms with E-state index in [2.05, 4.69) is 18.7 Å². The molecule has 0 saturated carbocycles. The van der Waals surface area contributed by atoms with Gasteiger partial charge in [-0.15, -0.1) is 0 Å². The van der Waals surface area contributed by atoms with E-state index in [1.54, 1.807) is 6.07 Å². The second kappa shape index (κ2) is 4.88. The second-order valence-electron chi connectivity index (χ2n) is 5.19. The van der Waals surface area contributed by atoms with Gasteiger partial charge in [-0.05, 0) is 43.9 Å². The Labute approximate surface area is 108 Å². The molecular formula is C14H21N3O. The van der Waals surface area contributed by atoms with Gasteiger partial charge in [0.05, 0.1) is 5.56 Å². The minimum atomic E-state index is -0.414. The Hall–Kier alpha value is -1.71. The number of nitrogens with two attached hydrogens (primary N) is 2. The first kappa shape index (κ1) is 12.7. The van der Waals surface area contributed by atoms with Gasteiger partial charge in [0.1, 0.15) is 0 Å². The quantitative estimate of drug-likeness (QED) is 0.785. The summed E-state index contributed by atoms with van der Waals surface area (Å²) in [6.07, 6.45) is 2.38. The Morgan fingerprint density at radius 1 is 1.39 bits per heavy atom. The molecule has 1 aliphatic rings. The van der Waals surface area contributed by atoms with Gasteiger partial charge < -0.3 is 16.4 Å². The number of rotatable bonds is 2. The zero-order valence-electron chi connectivity index (χ0n) is 11.0. The van der Waals surface area contributed by atoms with Crippen LogP contribution in [0.25, 0.3) is 0 Å². The van der Waals surface area contributed by atoms with Crippen LogP contribution in [0.4, 0.5) is 11.4 Å². The molecule has 18 heavy (non-hydrogen) atoms. The minimum Gasteiger partial charge on any atom is -0.399 e. The predicted octanol–water partition coefficient (Wildman–Crippen LogP) is 1.99. The Bertz CT molecular complexity index is 458. The van der Waals surface area contributed by atoms with Crippen molar-refractivity contribution in [3.8, 4) is 0 Å². The fourth-order valence-corrected chi connectivity index (χ4v) is 2.68. The summed E-state index contributed by atoms with van der Waals surface area (Å²) in [6.45, 7) is 5.42. The average molecular weight is 247 g/mol. The number of piperidine rings is 1. The molecule has 1 aliphatic heterocycles. The summed E-state index contributed by atoms with van der Waals surface area (Å²) in [7, 11) is 0. The first-order valence-corrected chi connectivity index (χ1v) is 6.46. The molecule has 2 atom stereocenters. The molecule has 1 heterocycles. The number of primary amides is 1. The molecule has 2 unspecified atom stereocenters. The smallest absolute Gasteiger partial charge is 0.250 e. The summed E-state index contributed by atoms with van der Waals surface area (Å²) in [5, 5.41) is 0. The van der Waals surface area contributed by atoms with Crippen molar-refractivity contribution < 1.29 is 4.79 Å². The van der Waals surface area contributed by atoms with E-state index in [0.29, 0.717) is 23.2 Å². The number of anilines is 2. The van der Waals surface area contributed by atoms with Gasteiger partial charge in [0.25, 0.3) is 5.91 Å². The van der Waals surface area contributed by atoms with Crippen LogP contribution < -0.4 is 16.4 Å². The standard InChI is InChI=1S/C14H21N3O/c1-9-4-3-7-17(10(9)2)13-6-5-11(15)8-12(13)14(16)18/h5-6,8-10H,3-4,7,15H2,1-2H3,(H2,16,18). The van der Waals surface area contributed by atoms with Gasteiger partial charge in [0.2, 0.25) is 0 Å². The highest BCUT2D eigenvalue weighted by Crippen LogP contribution is 2.31. The third-order valence-electron chi connectivity index (χ3n) is 3.97. The van der Waals surface area contributed by atoms with Crippen LogP contribution >= 0.6 is 0 Å². The molecule has 0 spiro atoms. The number of carbonyl (C=O) groups excluding carboxylic acids is 1. The summed E-state index contributed by atoms with van der Waals surface area (Å²) in [4.78, 5) is 13.8. The lowest BCUT2D eigenvalue weighted by Gasteiger charge is -2.40. The summed E-state index contributed by atoms with van der Waals surface area (Å²) >= 11 is 0. The van der Waals surface area contributed by atoms with Crippen LogP contribution in [-0.4, -0.2) is 18.5 Å². The van der Waals surface area contributed by atoms with E-state index in [-0.39, 0.29) is 0 Å². The largest absolute Gasteiger partial charge is 0.399 e. The zero-order chi connectivity index (χ0) is 13.3. The summed E-state index contributed by atoms with van der Waals surface area (Å²) in [6, 6.07) is 5.82. The van der Waals surface area contributed by atoms with E-state index >= 15 is 0 Å². The van der Waals surface area contributed by atoms with Crippen LogP contribution in [0.3, 0.4) is 0 Å². The monoisotopic (exact) mass is 247 g/mol. The third kappa shape index (κ3) is 2.28. The Morgan fingerprint density at radius 2 is 2.11 bits per heavy atom. The molecule has 1 aromatic rings. The molecule has 4 N–H and O–H groups in total. The van der Waals surface area contributed by atoms with Crippen molar-refractivity contribution in [2.24, 2.45) is 11.7 Å². The maximum Gasteiger partial charge on any atom is 0.250 e. The van der Waals surface area contributed by atoms with E-state index in [0.717, 1.165) is 18.7 Å². The molecule has 1 amide bonds. The van der Waals surface area contributed by atoms with Gasteiger partial charge in [0, 0.05) is 24.0 Å². The molecule has 98 valence electrons. The average Bonchev–Trinajstić information content (AvgIpc) is 2.33. The molecule has 0 bridgehead atoms. The van der Waals surface area contributed by atoms with E-state index < -0.39 is 5.91 Å². The lowest BCUT2D eigenvalue weighted by molar-refractivity contribution is 0.100. The topological polar surface area (TPSA) is 72.3 Å². The van der Waals surface area contributed by atoms with Gasteiger partial charge in [-0.25, -0.2) is 0 Å². The number of benzene rings is 1. The molecule has 1 saturated heterocycles. The molecule has 2 rings (SSSR count). The lowest BCUT2D eigenvalue weighted by Crippen LogP contribution is -2.43. The first-order valence-electron chi connectivity index (χ1n) is 6.46. The van der Waals surface area contributed by atoms with Gasteiger partial charge >= 0.3 is 0 Å². The van der Waals surface area contributed by atoms with E-state index in [1.807, 2.05) is 12.1 Å². The van der Waals surface area contributed by atoms with Gasteiger partial charge in [-0.2, -0.15) is 0 Å². The third-order valence-corrected chi connectivity index (χ3v) is 3.97. The second-order valence-corrected chi connectivity index (χ2v) is 5.19. The predicted molar refractivity (Wildman–Crippen MR) is 74.6 cm³/mol. The fourth-order valence-electron chi connectivity index (χ4n) is 2.68. The van der Waals surface area contributed by atoms with Crippen LogP contribution in [0.1, 0.15) is 37.0 Å². The Morgan fingerprint density at radius 3 is 2.78 bits per heavy atom. The molecule has 0 aromatic heterocycles. The van der Waals surface area contributed by atoms with Crippen molar-refractivity contribution in [1.82, 2.24) is 0 Å². The molecule has 4 nitrogen and oxygen atoms in total. The highest BCUT2D eigenvalue weighted by atomic mass is 16.1. The van der Waals surface area contributed by atoms with Gasteiger partial charge in [-0.3, -0.25) is 4.79 Å². The Kier molecular flexibility index (Phi) is 3.45. The number of nitrogen functional groups attached to an aromatic ring is 1. The zero-order valence-corrected chi connectivity index (χ0v) is 11.0. The first-order chi connectivity index (χ1) is 8.50. The summed E-state index contributed by atoms with van der Waals surface area (Å²) < 4.78 is 0. The maximum atomic E-state index is 11.5. The van der Waals surface area contributed by atoms with Crippen LogP contribution in [-0.2, 0) is 0 Å². The van der Waals surface area contributed by atoms with Crippen molar-refractivity contribution in [3.63, 3.8) is 0 Å². The van der Waals surface area contributed by atoms with Crippen LogP contribution in [0.15, 0.2) is 18.2 Å². The van der Waals surface area contributed by atoms with Crippen molar-refractivity contribution in [3.05, 3.63) is 23.8 Å². The van der Waals surface area contributed by atoms with Gasteiger partial charge in [-0.1, -0.05) is 6.92 Å². The van der Waals surface area contributed by atoms with Crippen LogP contribution in [0.2, 0.25) is 0 Å². The number of nitrogens with zero attached hydrogens (tertiary/aromatic N) is 1. The van der Waals surface area contributed by atoms with Crippen molar-refractivity contribution in [2.75, 3.05) is 17.2 Å². The number of hydrogen-bond acceptors (Lipinski definition) is 3. The molecule has 1 aromatic carbocycles. The summed E-state index contributed by atoms with van der Waals surface area (Å²) in [5.74, 6) is 0.208. The number of hydrogen-bond donors (Lipinski definition) is 2. The van der Waals surface area contributed by atoms with E-state index in [1.165, 1.54) is 6.42 Å². The molecule has 0 aliphatic carbocycles. The minimum absolute atomic E-state index is 0.414. The van der Waals surface area contributed by atoms with Crippen LogP contribution in [0, 0.1) is 5.92 Å². The van der Waals surface area contributed by atoms with Crippen molar-refractivity contribution in [2.45, 2.75) is 32.7 Å². The molecule has 1 fully saturated rings. The maximum absolute atomic E-state index is 11.5. The normalized spacial score (nSPS) is 24.0. The highest BCUT2D eigenvalue weighted by Gasteiger charge is 2.27. The van der Waals surface area contributed by atoms with E-state index in [4.69, 9.17) is 11.5 Å².